The molecule has 4 heteroatoms. The second kappa shape index (κ2) is 3.21. The summed E-state index contributed by atoms with van der Waals surface area (Å²) in [6.45, 7) is 1.79. The molecule has 0 amide bonds. The Hall–Kier alpha value is -1.29. The summed E-state index contributed by atoms with van der Waals surface area (Å²) in [4.78, 5) is 10.9. The number of aryl methyl sites for hydroxylation is 1. The molecule has 0 saturated heterocycles. The summed E-state index contributed by atoms with van der Waals surface area (Å²) in [7, 11) is 0. The molecule has 0 saturated carbocycles. The molecule has 1 aromatic heterocycles. The van der Waals surface area contributed by atoms with Crippen molar-refractivity contribution in [1.29, 1.82) is 0 Å². The van der Waals surface area contributed by atoms with Gasteiger partial charge in [-0.2, -0.15) is 5.10 Å². The van der Waals surface area contributed by atoms with Crippen molar-refractivity contribution in [2.45, 2.75) is 6.92 Å². The van der Waals surface area contributed by atoms with E-state index >= 15 is 0 Å². The quantitative estimate of drug-likeness (QED) is 0.600. The van der Waals surface area contributed by atoms with Crippen molar-refractivity contribution in [2.75, 3.05) is 6.54 Å². The van der Waals surface area contributed by atoms with Gasteiger partial charge < -0.3 is 5.73 Å². The van der Waals surface area contributed by atoms with Crippen LogP contribution in [0.2, 0.25) is 0 Å². The zero-order chi connectivity index (χ0) is 8.27. The fourth-order valence-corrected chi connectivity index (χ4v) is 0.652. The maximum atomic E-state index is 10.9. The highest BCUT2D eigenvalue weighted by atomic mass is 16.1. The highest BCUT2D eigenvalue weighted by Gasteiger charge is 2.03. The van der Waals surface area contributed by atoms with E-state index in [9.17, 15) is 4.79 Å². The van der Waals surface area contributed by atoms with Gasteiger partial charge in [0.1, 0.15) is 5.69 Å². The Balaban J connectivity index is 2.90. The SMILES string of the molecule is Cc1ccc(C(=O)CN)nn1. The van der Waals surface area contributed by atoms with Gasteiger partial charge in [0.2, 0.25) is 0 Å². The lowest BCUT2D eigenvalue weighted by molar-refractivity contribution is 0.0995. The van der Waals surface area contributed by atoms with E-state index in [0.717, 1.165) is 5.69 Å². The van der Waals surface area contributed by atoms with Crippen molar-refractivity contribution in [3.63, 3.8) is 0 Å². The first-order chi connectivity index (χ1) is 5.24. The third-order valence-electron chi connectivity index (χ3n) is 1.27. The first kappa shape index (κ1) is 7.81. The third kappa shape index (κ3) is 1.81. The van der Waals surface area contributed by atoms with Gasteiger partial charge in [0, 0.05) is 0 Å². The number of nitrogens with two attached hydrogens (primary N) is 1. The molecule has 4 nitrogen and oxygen atoms in total. The summed E-state index contributed by atoms with van der Waals surface area (Å²) in [5.41, 5.74) is 6.25. The minimum atomic E-state index is -0.183. The average Bonchev–Trinajstić information content (AvgIpc) is 2.05. The van der Waals surface area contributed by atoms with Crippen molar-refractivity contribution in [3.8, 4) is 0 Å². The molecule has 1 heterocycles. The molecule has 2 N–H and O–H groups in total. The van der Waals surface area contributed by atoms with Crippen molar-refractivity contribution >= 4 is 5.78 Å². The van der Waals surface area contributed by atoms with E-state index in [2.05, 4.69) is 10.2 Å². The van der Waals surface area contributed by atoms with E-state index in [1.165, 1.54) is 0 Å². The predicted octanol–water partition coefficient (Wildman–Crippen LogP) is -0.0736. The van der Waals surface area contributed by atoms with Crippen molar-refractivity contribution in [2.24, 2.45) is 5.73 Å². The molecule has 0 unspecified atom stereocenters. The summed E-state index contributed by atoms with van der Waals surface area (Å²) in [6, 6.07) is 3.35. The number of nitrogens with zero attached hydrogens (tertiary/aromatic N) is 2. The van der Waals surface area contributed by atoms with Gasteiger partial charge in [0.05, 0.1) is 12.2 Å². The third-order valence-corrected chi connectivity index (χ3v) is 1.27. The van der Waals surface area contributed by atoms with Gasteiger partial charge in [-0.25, -0.2) is 0 Å². The van der Waals surface area contributed by atoms with Crippen molar-refractivity contribution in [1.82, 2.24) is 10.2 Å². The molecule has 0 spiro atoms. The van der Waals surface area contributed by atoms with E-state index < -0.39 is 0 Å². The van der Waals surface area contributed by atoms with Crippen LogP contribution < -0.4 is 5.73 Å². The Morgan fingerprint density at radius 3 is 2.73 bits per heavy atom. The molecule has 0 radical (unpaired) electrons. The molecule has 0 aromatic carbocycles. The monoisotopic (exact) mass is 151 g/mol. The van der Waals surface area contributed by atoms with E-state index in [-0.39, 0.29) is 12.3 Å². The molecule has 1 rings (SSSR count). The normalized spacial score (nSPS) is 9.64. The molecular weight excluding hydrogens is 142 g/mol. The number of hydrogen-bond donors (Lipinski definition) is 1. The van der Waals surface area contributed by atoms with Gasteiger partial charge in [-0.05, 0) is 19.1 Å². The molecule has 1 aromatic rings. The lowest BCUT2D eigenvalue weighted by atomic mass is 10.2. The Morgan fingerprint density at radius 2 is 2.27 bits per heavy atom. The first-order valence-electron chi connectivity index (χ1n) is 3.27. The largest absolute Gasteiger partial charge is 0.324 e. The average molecular weight is 151 g/mol. The van der Waals surface area contributed by atoms with Gasteiger partial charge >= 0.3 is 0 Å². The lowest BCUT2D eigenvalue weighted by Crippen LogP contribution is -2.15. The Labute approximate surface area is 64.4 Å². The number of ketones is 1. The molecule has 58 valence electrons. The predicted molar refractivity (Wildman–Crippen MR) is 40.2 cm³/mol. The topological polar surface area (TPSA) is 68.9 Å². The number of carbonyl (C=O) groups is 1. The van der Waals surface area contributed by atoms with Gasteiger partial charge in [-0.3, -0.25) is 4.79 Å². The molecular formula is C7H9N3O. The second-order valence-corrected chi connectivity index (χ2v) is 2.19. The first-order valence-corrected chi connectivity index (χ1v) is 3.27. The molecule has 0 aliphatic carbocycles. The fourth-order valence-electron chi connectivity index (χ4n) is 0.652. The fraction of sp³-hybridized carbons (Fsp3) is 0.286. The number of hydrogen-bond acceptors (Lipinski definition) is 4. The number of aromatic nitrogens is 2. The van der Waals surface area contributed by atoms with E-state index in [1.54, 1.807) is 12.1 Å². The summed E-state index contributed by atoms with van der Waals surface area (Å²) in [5.74, 6) is -0.183. The van der Waals surface area contributed by atoms with Crippen molar-refractivity contribution in [3.05, 3.63) is 23.5 Å². The highest BCUT2D eigenvalue weighted by Crippen LogP contribution is 1.94. The maximum absolute atomic E-state index is 10.9. The van der Waals surface area contributed by atoms with E-state index in [4.69, 9.17) is 5.73 Å². The number of carbonyl (C=O) groups excluding carboxylic acids is 1. The van der Waals surface area contributed by atoms with Crippen LogP contribution in [-0.4, -0.2) is 22.5 Å². The van der Waals surface area contributed by atoms with Crippen LogP contribution in [0.25, 0.3) is 0 Å². The number of Topliss-reactive ketones (excluding diaryl/α,β-unsaturated/α-hetero) is 1. The summed E-state index contributed by atoms with van der Waals surface area (Å²) in [6.07, 6.45) is 0. The minimum absolute atomic E-state index is 0.0161. The van der Waals surface area contributed by atoms with Crippen LogP contribution in [0.3, 0.4) is 0 Å². The molecule has 0 fully saturated rings. The van der Waals surface area contributed by atoms with Crippen LogP contribution in [0.5, 0.6) is 0 Å². The Morgan fingerprint density at radius 1 is 1.55 bits per heavy atom. The van der Waals surface area contributed by atoms with E-state index in [0.29, 0.717) is 5.69 Å². The van der Waals surface area contributed by atoms with Crippen molar-refractivity contribution < 1.29 is 4.79 Å². The highest BCUT2D eigenvalue weighted by molar-refractivity contribution is 5.95. The van der Waals surface area contributed by atoms with Crippen LogP contribution in [0.1, 0.15) is 16.2 Å². The molecule has 11 heavy (non-hydrogen) atoms. The minimum Gasteiger partial charge on any atom is -0.324 e. The smallest absolute Gasteiger partial charge is 0.196 e. The van der Waals surface area contributed by atoms with Gasteiger partial charge in [0.15, 0.2) is 5.78 Å². The summed E-state index contributed by atoms with van der Waals surface area (Å²) < 4.78 is 0. The van der Waals surface area contributed by atoms with E-state index in [1.807, 2.05) is 6.92 Å². The number of rotatable bonds is 2. The lowest BCUT2D eigenvalue weighted by Gasteiger charge is -1.94. The Bertz CT molecular complexity index is 255. The molecule has 0 aliphatic heterocycles. The van der Waals surface area contributed by atoms with Gasteiger partial charge in [-0.1, -0.05) is 0 Å². The van der Waals surface area contributed by atoms with Gasteiger partial charge in [-0.15, -0.1) is 5.10 Å². The summed E-state index contributed by atoms with van der Waals surface area (Å²) >= 11 is 0. The van der Waals surface area contributed by atoms with Crippen LogP contribution in [0, 0.1) is 6.92 Å². The van der Waals surface area contributed by atoms with Gasteiger partial charge in [0.25, 0.3) is 0 Å². The molecule has 0 aliphatic rings. The second-order valence-electron chi connectivity index (χ2n) is 2.19. The Kier molecular flexibility index (Phi) is 2.28. The summed E-state index contributed by atoms with van der Waals surface area (Å²) in [5, 5.41) is 7.39. The molecule has 0 bridgehead atoms. The van der Waals surface area contributed by atoms with Crippen LogP contribution >= 0.6 is 0 Å². The zero-order valence-electron chi connectivity index (χ0n) is 6.24. The van der Waals surface area contributed by atoms with Crippen LogP contribution in [-0.2, 0) is 0 Å². The van der Waals surface area contributed by atoms with Crippen LogP contribution in [0.4, 0.5) is 0 Å². The van der Waals surface area contributed by atoms with Crippen LogP contribution in [0.15, 0.2) is 12.1 Å². The standard InChI is InChI=1S/C7H9N3O/c1-5-2-3-6(10-9-5)7(11)4-8/h2-3H,4,8H2,1H3. The maximum Gasteiger partial charge on any atom is 0.196 e. The molecule has 0 atom stereocenters. The zero-order valence-corrected chi connectivity index (χ0v) is 6.24.